The summed E-state index contributed by atoms with van der Waals surface area (Å²) in [5.41, 5.74) is 0. The van der Waals surface area contributed by atoms with Crippen LogP contribution in [0.5, 0.6) is 0 Å². The van der Waals surface area contributed by atoms with E-state index >= 15 is 0 Å². The Morgan fingerprint density at radius 3 is 1.29 bits per heavy atom. The van der Waals surface area contributed by atoms with Gasteiger partial charge >= 0.3 is 0 Å². The SMILES string of the molecule is CCCCCCCCCC(O)CN(CCO)CC(O)CCCCCCCCC. The third-order valence-corrected chi connectivity index (χ3v) is 5.64. The largest absolute Gasteiger partial charge is 0.395 e. The van der Waals surface area contributed by atoms with Crippen molar-refractivity contribution in [3.05, 3.63) is 0 Å². The average molecular weight is 402 g/mol. The second-order valence-electron chi connectivity index (χ2n) is 8.61. The molecule has 0 fully saturated rings. The summed E-state index contributed by atoms with van der Waals surface area (Å²) in [5, 5.41) is 29.9. The summed E-state index contributed by atoms with van der Waals surface area (Å²) in [6, 6.07) is 0. The molecule has 0 bridgehead atoms. The highest BCUT2D eigenvalue weighted by atomic mass is 16.3. The third kappa shape index (κ3) is 19.2. The van der Waals surface area contributed by atoms with Crippen molar-refractivity contribution >= 4 is 0 Å². The first kappa shape index (κ1) is 27.8. The Kier molecular flexibility index (Phi) is 21.4. The van der Waals surface area contributed by atoms with Gasteiger partial charge in [-0.3, -0.25) is 4.90 Å². The molecule has 0 rings (SSSR count). The predicted molar refractivity (Wildman–Crippen MR) is 121 cm³/mol. The summed E-state index contributed by atoms with van der Waals surface area (Å²) in [6.07, 6.45) is 18.5. The van der Waals surface area contributed by atoms with Gasteiger partial charge in [0.25, 0.3) is 0 Å². The zero-order chi connectivity index (χ0) is 20.9. The van der Waals surface area contributed by atoms with Gasteiger partial charge in [-0.1, -0.05) is 104 Å². The monoisotopic (exact) mass is 401 g/mol. The van der Waals surface area contributed by atoms with Crippen molar-refractivity contribution in [2.75, 3.05) is 26.2 Å². The van der Waals surface area contributed by atoms with Crippen molar-refractivity contribution in [1.82, 2.24) is 4.90 Å². The van der Waals surface area contributed by atoms with E-state index in [4.69, 9.17) is 0 Å². The third-order valence-electron chi connectivity index (χ3n) is 5.64. The molecule has 0 aromatic heterocycles. The van der Waals surface area contributed by atoms with E-state index in [-0.39, 0.29) is 18.8 Å². The number of nitrogens with zero attached hydrogens (tertiary/aromatic N) is 1. The number of aliphatic hydroxyl groups is 3. The minimum Gasteiger partial charge on any atom is -0.395 e. The summed E-state index contributed by atoms with van der Waals surface area (Å²) in [7, 11) is 0. The Labute approximate surface area is 175 Å². The van der Waals surface area contributed by atoms with Crippen LogP contribution in [0, 0.1) is 0 Å². The highest BCUT2D eigenvalue weighted by Crippen LogP contribution is 2.12. The predicted octanol–water partition coefficient (Wildman–Crippen LogP) is 5.28. The molecule has 0 aromatic carbocycles. The van der Waals surface area contributed by atoms with E-state index in [0.717, 1.165) is 25.7 Å². The molecule has 0 spiro atoms. The summed E-state index contributed by atoms with van der Waals surface area (Å²) in [4.78, 5) is 2.03. The van der Waals surface area contributed by atoms with E-state index in [1.54, 1.807) is 0 Å². The summed E-state index contributed by atoms with van der Waals surface area (Å²) in [5.74, 6) is 0. The number of aliphatic hydroxyl groups excluding tert-OH is 3. The second kappa shape index (κ2) is 21.5. The summed E-state index contributed by atoms with van der Waals surface area (Å²) in [6.45, 7) is 6.20. The van der Waals surface area contributed by atoms with Gasteiger partial charge in [-0.15, -0.1) is 0 Å². The summed E-state index contributed by atoms with van der Waals surface area (Å²) >= 11 is 0. The normalized spacial score (nSPS) is 13.9. The average Bonchev–Trinajstić information content (AvgIpc) is 2.66. The molecule has 0 radical (unpaired) electrons. The fourth-order valence-corrected chi connectivity index (χ4v) is 3.85. The van der Waals surface area contributed by atoms with Crippen LogP contribution in [0.15, 0.2) is 0 Å². The Morgan fingerprint density at radius 2 is 0.929 bits per heavy atom. The van der Waals surface area contributed by atoms with E-state index in [1.165, 1.54) is 77.0 Å². The van der Waals surface area contributed by atoms with Crippen LogP contribution >= 0.6 is 0 Å². The van der Waals surface area contributed by atoms with Gasteiger partial charge in [0.2, 0.25) is 0 Å². The molecule has 0 aliphatic rings. The lowest BCUT2D eigenvalue weighted by Crippen LogP contribution is -2.39. The van der Waals surface area contributed by atoms with Crippen LogP contribution in [0.2, 0.25) is 0 Å². The molecule has 0 saturated carbocycles. The quantitative estimate of drug-likeness (QED) is 0.216. The molecule has 0 aliphatic heterocycles. The zero-order valence-corrected chi connectivity index (χ0v) is 19.1. The van der Waals surface area contributed by atoms with Crippen molar-refractivity contribution in [2.45, 2.75) is 129 Å². The second-order valence-corrected chi connectivity index (χ2v) is 8.61. The van der Waals surface area contributed by atoms with Gasteiger partial charge in [-0.2, -0.15) is 0 Å². The van der Waals surface area contributed by atoms with Crippen molar-refractivity contribution in [3.63, 3.8) is 0 Å². The lowest BCUT2D eigenvalue weighted by molar-refractivity contribution is 0.0519. The number of hydrogen-bond acceptors (Lipinski definition) is 4. The van der Waals surface area contributed by atoms with Gasteiger partial charge in [0, 0.05) is 19.6 Å². The summed E-state index contributed by atoms with van der Waals surface area (Å²) < 4.78 is 0. The van der Waals surface area contributed by atoms with Crippen molar-refractivity contribution in [3.8, 4) is 0 Å². The van der Waals surface area contributed by atoms with Crippen LogP contribution in [-0.4, -0.2) is 58.7 Å². The molecule has 4 nitrogen and oxygen atoms in total. The lowest BCUT2D eigenvalue weighted by Gasteiger charge is -2.26. The first-order valence-corrected chi connectivity index (χ1v) is 12.3. The van der Waals surface area contributed by atoms with E-state index in [9.17, 15) is 15.3 Å². The number of hydrogen-bond donors (Lipinski definition) is 3. The highest BCUT2D eigenvalue weighted by molar-refractivity contribution is 4.69. The van der Waals surface area contributed by atoms with Crippen molar-refractivity contribution in [2.24, 2.45) is 0 Å². The molecule has 0 aromatic rings. The maximum Gasteiger partial charge on any atom is 0.0667 e. The van der Waals surface area contributed by atoms with Crippen LogP contribution in [0.4, 0.5) is 0 Å². The molecule has 4 heteroatoms. The maximum absolute atomic E-state index is 10.3. The fraction of sp³-hybridized carbons (Fsp3) is 1.00. The molecule has 170 valence electrons. The number of unbranched alkanes of at least 4 members (excludes halogenated alkanes) is 12. The van der Waals surface area contributed by atoms with Crippen LogP contribution in [0.25, 0.3) is 0 Å². The van der Waals surface area contributed by atoms with Crippen LogP contribution in [0.1, 0.15) is 117 Å². The lowest BCUT2D eigenvalue weighted by atomic mass is 10.0. The topological polar surface area (TPSA) is 63.9 Å². The molecular weight excluding hydrogens is 350 g/mol. The maximum atomic E-state index is 10.3. The van der Waals surface area contributed by atoms with Gasteiger partial charge in [0.15, 0.2) is 0 Å². The molecular formula is C24H51NO3. The molecule has 2 unspecified atom stereocenters. The van der Waals surface area contributed by atoms with E-state index in [0.29, 0.717) is 19.6 Å². The van der Waals surface area contributed by atoms with E-state index in [1.807, 2.05) is 4.90 Å². The molecule has 0 saturated heterocycles. The smallest absolute Gasteiger partial charge is 0.0667 e. The minimum atomic E-state index is -0.354. The van der Waals surface area contributed by atoms with Crippen molar-refractivity contribution in [1.29, 1.82) is 0 Å². The van der Waals surface area contributed by atoms with Gasteiger partial charge in [-0.25, -0.2) is 0 Å². The Hall–Kier alpha value is -0.160. The zero-order valence-electron chi connectivity index (χ0n) is 19.1. The number of rotatable bonds is 22. The van der Waals surface area contributed by atoms with Gasteiger partial charge in [-0.05, 0) is 12.8 Å². The minimum absolute atomic E-state index is 0.0777. The molecule has 3 N–H and O–H groups in total. The Bertz CT molecular complexity index is 276. The first-order chi connectivity index (χ1) is 13.6. The highest BCUT2D eigenvalue weighted by Gasteiger charge is 2.15. The molecule has 2 atom stereocenters. The van der Waals surface area contributed by atoms with Gasteiger partial charge < -0.3 is 15.3 Å². The fourth-order valence-electron chi connectivity index (χ4n) is 3.85. The first-order valence-electron chi connectivity index (χ1n) is 12.3. The molecule has 0 aliphatic carbocycles. The Morgan fingerprint density at radius 1 is 0.571 bits per heavy atom. The Balaban J connectivity index is 3.80. The molecule has 28 heavy (non-hydrogen) atoms. The van der Waals surface area contributed by atoms with Crippen LogP contribution in [0.3, 0.4) is 0 Å². The standard InChI is InChI=1S/C24H51NO3/c1-3-5-7-9-11-13-15-17-23(27)21-25(19-20-26)22-24(28)18-16-14-12-10-8-6-4-2/h23-24,26-28H,3-22H2,1-2H3. The molecule has 0 heterocycles. The van der Waals surface area contributed by atoms with Gasteiger partial charge in [0.1, 0.15) is 0 Å². The molecule has 0 amide bonds. The van der Waals surface area contributed by atoms with E-state index in [2.05, 4.69) is 13.8 Å². The van der Waals surface area contributed by atoms with Gasteiger partial charge in [0.05, 0.1) is 18.8 Å². The van der Waals surface area contributed by atoms with E-state index < -0.39 is 0 Å². The van der Waals surface area contributed by atoms with Crippen molar-refractivity contribution < 1.29 is 15.3 Å². The van der Waals surface area contributed by atoms with Crippen LogP contribution in [-0.2, 0) is 0 Å². The van der Waals surface area contributed by atoms with Crippen LogP contribution < -0.4 is 0 Å².